The third-order valence-electron chi connectivity index (χ3n) is 4.44. The molecule has 4 rings (SSSR count). The van der Waals surface area contributed by atoms with Gasteiger partial charge in [-0.15, -0.1) is 10.9 Å². The fraction of sp³-hybridized carbons (Fsp3) is 0.120. The minimum absolute atomic E-state index is 0. The molecular formula is C25H25FeOP. The van der Waals surface area contributed by atoms with Crippen LogP contribution in [0, 0.1) is 0 Å². The summed E-state index contributed by atoms with van der Waals surface area (Å²) in [6.07, 6.45) is 0.113. The van der Waals surface area contributed by atoms with E-state index in [2.05, 4.69) is 85.8 Å². The summed E-state index contributed by atoms with van der Waals surface area (Å²) >= 11 is 0. The second kappa shape index (κ2) is 11.8. The molecule has 1 atom stereocenters. The topological polar surface area (TPSA) is 9.23 Å². The summed E-state index contributed by atoms with van der Waals surface area (Å²) in [6, 6.07) is 38.1. The molecule has 3 heteroatoms. The average molecular weight is 428 g/mol. The van der Waals surface area contributed by atoms with Crippen molar-refractivity contribution in [3.05, 3.63) is 115 Å². The molecule has 28 heavy (non-hydrogen) atoms. The quantitative estimate of drug-likeness (QED) is 0.239. The van der Waals surface area contributed by atoms with Crippen molar-refractivity contribution in [2.75, 3.05) is 7.11 Å². The van der Waals surface area contributed by atoms with E-state index in [1.165, 1.54) is 21.5 Å². The Morgan fingerprint density at radius 3 is 1.75 bits per heavy atom. The van der Waals surface area contributed by atoms with Crippen LogP contribution in [-0.4, -0.2) is 7.11 Å². The Kier molecular flexibility index (Phi) is 9.41. The van der Waals surface area contributed by atoms with Crippen molar-refractivity contribution in [1.29, 1.82) is 0 Å². The van der Waals surface area contributed by atoms with E-state index in [0.717, 1.165) is 0 Å². The summed E-state index contributed by atoms with van der Waals surface area (Å²) in [5.74, 6) is 0. The largest absolute Gasteiger partial charge is 2.00 e. The molecule has 0 radical (unpaired) electrons. The smallest absolute Gasteiger partial charge is 0.389 e. The van der Waals surface area contributed by atoms with Crippen molar-refractivity contribution in [1.82, 2.24) is 0 Å². The molecule has 4 aromatic carbocycles. The maximum atomic E-state index is 5.57. The van der Waals surface area contributed by atoms with E-state index in [4.69, 9.17) is 4.74 Å². The number of methoxy groups -OCH3 is 1. The minimum atomic E-state index is -0.548. The number of ether oxygens (including phenoxy) is 1. The van der Waals surface area contributed by atoms with Crippen molar-refractivity contribution >= 4 is 23.8 Å². The van der Waals surface area contributed by atoms with Crippen LogP contribution < -0.4 is 15.9 Å². The van der Waals surface area contributed by atoms with Gasteiger partial charge in [-0.25, -0.2) is 24.3 Å². The van der Waals surface area contributed by atoms with Gasteiger partial charge in [-0.2, -0.15) is 24.3 Å². The zero-order chi connectivity index (χ0) is 18.9. The van der Waals surface area contributed by atoms with E-state index < -0.39 is 7.92 Å². The van der Waals surface area contributed by atoms with E-state index in [1.807, 2.05) is 30.3 Å². The van der Waals surface area contributed by atoms with E-state index in [9.17, 15) is 0 Å². The molecule has 0 aliphatic heterocycles. The van der Waals surface area contributed by atoms with E-state index in [0.29, 0.717) is 0 Å². The first kappa shape index (κ1) is 22.3. The van der Waals surface area contributed by atoms with Gasteiger partial charge in [0.15, 0.2) is 0 Å². The Hall–Kier alpha value is -1.95. The zero-order valence-electron chi connectivity index (χ0n) is 16.2. The van der Waals surface area contributed by atoms with Gasteiger partial charge in [0.25, 0.3) is 0 Å². The van der Waals surface area contributed by atoms with Crippen molar-refractivity contribution in [2.45, 2.75) is 13.0 Å². The Morgan fingerprint density at radius 1 is 0.786 bits per heavy atom. The third-order valence-corrected chi connectivity index (χ3v) is 6.96. The number of benzene rings is 2. The van der Waals surface area contributed by atoms with Crippen LogP contribution in [0.4, 0.5) is 0 Å². The molecule has 0 spiro atoms. The maximum absolute atomic E-state index is 5.57. The van der Waals surface area contributed by atoms with Crippen LogP contribution in [-0.2, 0) is 21.8 Å². The van der Waals surface area contributed by atoms with Crippen LogP contribution in [0.3, 0.4) is 0 Å². The molecule has 0 aliphatic rings. The molecule has 0 heterocycles. The van der Waals surface area contributed by atoms with Gasteiger partial charge < -0.3 is 4.74 Å². The second-order valence-electron chi connectivity index (χ2n) is 6.21. The standard InChI is InChI=1S/C20H20OP.C5H5.Fe/c1-16(21-2)19-14-9-15-20(19)22(17-10-5-3-6-11-17)18-12-7-4-8-13-18;1-2-4-5-3-1;/h3-16H,1-2H3;1-5H;/q2*-1;+2/t16-;;/m1../s1. The molecule has 0 unspecified atom stereocenters. The van der Waals surface area contributed by atoms with Gasteiger partial charge in [0.05, 0.1) is 0 Å². The summed E-state index contributed by atoms with van der Waals surface area (Å²) in [5, 5.41) is 4.14. The summed E-state index contributed by atoms with van der Waals surface area (Å²) in [6.45, 7) is 2.11. The van der Waals surface area contributed by atoms with Gasteiger partial charge in [-0.1, -0.05) is 60.7 Å². The van der Waals surface area contributed by atoms with Crippen molar-refractivity contribution in [2.24, 2.45) is 0 Å². The fourth-order valence-corrected chi connectivity index (χ4v) is 5.55. The molecular weight excluding hydrogens is 403 g/mol. The van der Waals surface area contributed by atoms with Crippen LogP contribution in [0.5, 0.6) is 0 Å². The van der Waals surface area contributed by atoms with Crippen LogP contribution in [0.25, 0.3) is 0 Å². The minimum Gasteiger partial charge on any atom is -0.389 e. The zero-order valence-corrected chi connectivity index (χ0v) is 18.2. The van der Waals surface area contributed by atoms with Crippen LogP contribution >= 0.6 is 7.92 Å². The molecule has 144 valence electrons. The molecule has 0 saturated heterocycles. The molecule has 0 N–H and O–H groups in total. The molecule has 0 fully saturated rings. The fourth-order valence-electron chi connectivity index (χ4n) is 3.00. The van der Waals surface area contributed by atoms with Gasteiger partial charge >= 0.3 is 17.1 Å². The molecule has 1 nitrogen and oxygen atoms in total. The van der Waals surface area contributed by atoms with Crippen LogP contribution in [0.1, 0.15) is 18.6 Å². The number of rotatable bonds is 5. The Balaban J connectivity index is 0.000000408. The summed E-state index contributed by atoms with van der Waals surface area (Å²) < 4.78 is 5.57. The van der Waals surface area contributed by atoms with Gasteiger partial charge in [-0.3, -0.25) is 0 Å². The number of hydrogen-bond acceptors (Lipinski definition) is 1. The van der Waals surface area contributed by atoms with Crippen LogP contribution in [0.15, 0.2) is 109 Å². The molecule has 0 amide bonds. The molecule has 0 aliphatic carbocycles. The van der Waals surface area contributed by atoms with Gasteiger partial charge in [0, 0.05) is 13.2 Å². The predicted octanol–water partition coefficient (Wildman–Crippen LogP) is 5.27. The van der Waals surface area contributed by atoms with Crippen LogP contribution in [0.2, 0.25) is 0 Å². The van der Waals surface area contributed by atoms with Gasteiger partial charge in [-0.05, 0) is 25.5 Å². The summed E-state index contributed by atoms with van der Waals surface area (Å²) in [4.78, 5) is 0. The normalized spacial score (nSPS) is 11.2. The van der Waals surface area contributed by atoms with Crippen molar-refractivity contribution in [3.63, 3.8) is 0 Å². The Bertz CT molecular complexity index is 828. The molecule has 0 aromatic heterocycles. The first-order valence-electron chi connectivity index (χ1n) is 9.16. The first-order chi connectivity index (χ1) is 13.3. The second-order valence-corrected chi connectivity index (χ2v) is 8.40. The Labute approximate surface area is 180 Å². The van der Waals surface area contributed by atoms with Crippen molar-refractivity contribution < 1.29 is 21.8 Å². The molecule has 4 aromatic rings. The first-order valence-corrected chi connectivity index (χ1v) is 10.5. The summed E-state index contributed by atoms with van der Waals surface area (Å²) in [7, 11) is 1.22. The maximum Gasteiger partial charge on any atom is 2.00 e. The SMILES string of the molecule is CO[C@H](C)[c-]1cccc1P(c1ccccc1)c1ccccc1.[Fe+2].c1cc[cH-]c1. The number of hydrogen-bond donors (Lipinski definition) is 0. The summed E-state index contributed by atoms with van der Waals surface area (Å²) in [5.41, 5.74) is 1.29. The van der Waals surface area contributed by atoms with Gasteiger partial charge in [0.2, 0.25) is 0 Å². The predicted molar refractivity (Wildman–Crippen MR) is 118 cm³/mol. The average Bonchev–Trinajstić information content (AvgIpc) is 3.45. The Morgan fingerprint density at radius 2 is 1.32 bits per heavy atom. The molecule has 0 saturated carbocycles. The van der Waals surface area contributed by atoms with E-state index in [1.54, 1.807) is 7.11 Å². The monoisotopic (exact) mass is 428 g/mol. The van der Waals surface area contributed by atoms with E-state index >= 15 is 0 Å². The third kappa shape index (κ3) is 5.77. The van der Waals surface area contributed by atoms with E-state index in [-0.39, 0.29) is 23.2 Å². The molecule has 0 bridgehead atoms. The van der Waals surface area contributed by atoms with Gasteiger partial charge in [0.1, 0.15) is 0 Å². The van der Waals surface area contributed by atoms with Crippen molar-refractivity contribution in [3.8, 4) is 0 Å².